The van der Waals surface area contributed by atoms with E-state index in [9.17, 15) is 0 Å². The molecule has 0 amide bonds. The molecule has 12 heavy (non-hydrogen) atoms. The summed E-state index contributed by atoms with van der Waals surface area (Å²) >= 11 is 0. The quantitative estimate of drug-likeness (QED) is 0.412. The third kappa shape index (κ3) is 4.08. The highest BCUT2D eigenvalue weighted by Crippen LogP contribution is 1.98. The van der Waals surface area contributed by atoms with Crippen LogP contribution in [0.5, 0.6) is 0 Å². The van der Waals surface area contributed by atoms with Crippen molar-refractivity contribution >= 4 is 0 Å². The maximum atomic E-state index is 5.72. The lowest BCUT2D eigenvalue weighted by molar-refractivity contribution is 0.609. The summed E-state index contributed by atoms with van der Waals surface area (Å²) in [5, 5.41) is 2.89. The van der Waals surface area contributed by atoms with Crippen LogP contribution in [-0.4, -0.2) is 12.8 Å². The van der Waals surface area contributed by atoms with Crippen LogP contribution >= 0.6 is 0 Å². The van der Waals surface area contributed by atoms with Gasteiger partial charge in [-0.2, -0.15) is 0 Å². The Labute approximate surface area is 73.8 Å². The minimum absolute atomic E-state index is 0.233. The van der Waals surface area contributed by atoms with Gasteiger partial charge < -0.3 is 11.5 Å². The van der Waals surface area contributed by atoms with Crippen LogP contribution in [0.1, 0.15) is 6.92 Å². The zero-order valence-electron chi connectivity index (χ0n) is 7.46. The molecular weight excluding hydrogens is 150 g/mol. The molecule has 0 aromatic carbocycles. The zero-order chi connectivity index (χ0) is 9.40. The van der Waals surface area contributed by atoms with E-state index in [4.69, 9.17) is 11.5 Å². The van der Waals surface area contributed by atoms with Gasteiger partial charge in [0.2, 0.25) is 0 Å². The van der Waals surface area contributed by atoms with Gasteiger partial charge in [-0.1, -0.05) is 30.9 Å². The number of nitrogens with one attached hydrogen (secondary N) is 1. The van der Waals surface area contributed by atoms with E-state index in [1.807, 2.05) is 25.2 Å². The molecule has 0 aliphatic carbocycles. The molecule has 0 heterocycles. The van der Waals surface area contributed by atoms with E-state index in [0.29, 0.717) is 6.67 Å². The van der Waals surface area contributed by atoms with Crippen molar-refractivity contribution in [1.82, 2.24) is 5.32 Å². The standard InChI is InChI=1S/C9H17N3/c1-3-5-6-8(4-2)9(11)12-7-10/h3-6,9,12H,2,7,10-11H2,1H3/b5-3-,8-6+. The average molecular weight is 167 g/mol. The smallest absolute Gasteiger partial charge is 0.0819 e. The van der Waals surface area contributed by atoms with Crippen LogP contribution in [0.15, 0.2) is 36.5 Å². The van der Waals surface area contributed by atoms with Crippen LogP contribution < -0.4 is 16.8 Å². The molecule has 0 aromatic rings. The highest BCUT2D eigenvalue weighted by molar-refractivity contribution is 5.26. The first-order chi connectivity index (χ1) is 5.76. The van der Waals surface area contributed by atoms with Crippen molar-refractivity contribution in [3.8, 4) is 0 Å². The van der Waals surface area contributed by atoms with Gasteiger partial charge in [-0.3, -0.25) is 5.32 Å². The summed E-state index contributed by atoms with van der Waals surface area (Å²) in [6, 6.07) is 0. The van der Waals surface area contributed by atoms with Crippen molar-refractivity contribution in [3.05, 3.63) is 36.5 Å². The van der Waals surface area contributed by atoms with Gasteiger partial charge in [0.15, 0.2) is 0 Å². The number of nitrogens with two attached hydrogens (primary N) is 2. The molecule has 0 bridgehead atoms. The molecule has 68 valence electrons. The monoisotopic (exact) mass is 167 g/mol. The van der Waals surface area contributed by atoms with E-state index in [1.165, 1.54) is 0 Å². The maximum absolute atomic E-state index is 5.72. The second kappa shape index (κ2) is 6.79. The van der Waals surface area contributed by atoms with Crippen LogP contribution in [0, 0.1) is 0 Å². The topological polar surface area (TPSA) is 64.1 Å². The molecule has 1 atom stereocenters. The van der Waals surface area contributed by atoms with Crippen molar-refractivity contribution < 1.29 is 0 Å². The Balaban J connectivity index is 4.22. The van der Waals surface area contributed by atoms with Gasteiger partial charge in [-0.05, 0) is 12.5 Å². The van der Waals surface area contributed by atoms with E-state index in [2.05, 4.69) is 11.9 Å². The molecule has 0 fully saturated rings. The molecule has 0 spiro atoms. The fraction of sp³-hybridized carbons (Fsp3) is 0.333. The molecule has 0 aliphatic rings. The fourth-order valence-electron chi connectivity index (χ4n) is 0.751. The molecule has 0 aromatic heterocycles. The molecule has 0 radical (unpaired) electrons. The van der Waals surface area contributed by atoms with Crippen LogP contribution in [0.2, 0.25) is 0 Å². The van der Waals surface area contributed by atoms with Crippen LogP contribution in [-0.2, 0) is 0 Å². The molecule has 1 unspecified atom stereocenters. The molecule has 0 rings (SSSR count). The number of rotatable bonds is 5. The lowest BCUT2D eigenvalue weighted by Gasteiger charge is -2.12. The first-order valence-electron chi connectivity index (χ1n) is 3.90. The predicted octanol–water partition coefficient (Wildman–Crippen LogP) is 0.465. The summed E-state index contributed by atoms with van der Waals surface area (Å²) in [7, 11) is 0. The molecule has 0 saturated carbocycles. The molecule has 0 aliphatic heterocycles. The summed E-state index contributed by atoms with van der Waals surface area (Å²) in [5.41, 5.74) is 11.9. The minimum Gasteiger partial charge on any atom is -0.318 e. The highest BCUT2D eigenvalue weighted by Gasteiger charge is 2.01. The van der Waals surface area contributed by atoms with E-state index in [-0.39, 0.29) is 6.17 Å². The maximum Gasteiger partial charge on any atom is 0.0819 e. The number of hydrogen-bond donors (Lipinski definition) is 3. The Morgan fingerprint density at radius 1 is 1.67 bits per heavy atom. The molecule has 0 saturated heterocycles. The Morgan fingerprint density at radius 2 is 2.33 bits per heavy atom. The van der Waals surface area contributed by atoms with Crippen LogP contribution in [0.4, 0.5) is 0 Å². The molecule has 3 nitrogen and oxygen atoms in total. The summed E-state index contributed by atoms with van der Waals surface area (Å²) in [6.45, 7) is 5.96. The van der Waals surface area contributed by atoms with Gasteiger partial charge in [-0.15, -0.1) is 0 Å². The van der Waals surface area contributed by atoms with Crippen LogP contribution in [0.25, 0.3) is 0 Å². The van der Waals surface area contributed by atoms with Crippen molar-refractivity contribution in [2.75, 3.05) is 6.67 Å². The summed E-state index contributed by atoms with van der Waals surface area (Å²) in [5.74, 6) is 0. The largest absolute Gasteiger partial charge is 0.318 e. The SMILES string of the molecule is C=C/C(=C\C=C/C)C(N)NCN. The predicted molar refractivity (Wildman–Crippen MR) is 53.3 cm³/mol. The summed E-state index contributed by atoms with van der Waals surface area (Å²) in [6.07, 6.45) is 7.23. The molecule has 5 N–H and O–H groups in total. The minimum atomic E-state index is -0.233. The number of hydrogen-bond acceptors (Lipinski definition) is 3. The second-order valence-electron chi connectivity index (χ2n) is 2.28. The Morgan fingerprint density at radius 3 is 2.75 bits per heavy atom. The Kier molecular flexibility index (Phi) is 6.28. The lowest BCUT2D eigenvalue weighted by atomic mass is 10.2. The summed E-state index contributed by atoms with van der Waals surface area (Å²) < 4.78 is 0. The van der Waals surface area contributed by atoms with Crippen molar-refractivity contribution in [3.63, 3.8) is 0 Å². The normalized spacial score (nSPS) is 15.1. The fourth-order valence-corrected chi connectivity index (χ4v) is 0.751. The first kappa shape index (κ1) is 11.1. The molecular formula is C9H17N3. The zero-order valence-corrected chi connectivity index (χ0v) is 7.46. The first-order valence-corrected chi connectivity index (χ1v) is 3.90. The Hall–Kier alpha value is -0.900. The van der Waals surface area contributed by atoms with Crippen molar-refractivity contribution in [2.24, 2.45) is 11.5 Å². The van der Waals surface area contributed by atoms with Gasteiger partial charge in [0.1, 0.15) is 0 Å². The second-order valence-corrected chi connectivity index (χ2v) is 2.28. The average Bonchev–Trinajstić information content (AvgIpc) is 2.06. The van der Waals surface area contributed by atoms with Gasteiger partial charge in [0.05, 0.1) is 6.17 Å². The number of allylic oxidation sites excluding steroid dienone is 3. The third-order valence-corrected chi connectivity index (χ3v) is 1.41. The van der Waals surface area contributed by atoms with Gasteiger partial charge in [0, 0.05) is 6.67 Å². The van der Waals surface area contributed by atoms with E-state index in [0.717, 1.165) is 5.57 Å². The van der Waals surface area contributed by atoms with E-state index >= 15 is 0 Å². The summed E-state index contributed by atoms with van der Waals surface area (Å²) in [4.78, 5) is 0. The van der Waals surface area contributed by atoms with Gasteiger partial charge in [0.25, 0.3) is 0 Å². The molecule has 3 heteroatoms. The van der Waals surface area contributed by atoms with Crippen molar-refractivity contribution in [2.45, 2.75) is 13.1 Å². The van der Waals surface area contributed by atoms with E-state index < -0.39 is 0 Å². The van der Waals surface area contributed by atoms with Crippen LogP contribution in [0.3, 0.4) is 0 Å². The third-order valence-electron chi connectivity index (χ3n) is 1.41. The van der Waals surface area contributed by atoms with Crippen molar-refractivity contribution in [1.29, 1.82) is 0 Å². The van der Waals surface area contributed by atoms with E-state index in [1.54, 1.807) is 6.08 Å². The lowest BCUT2D eigenvalue weighted by Crippen LogP contribution is -2.41. The Bertz CT molecular complexity index is 182. The van der Waals surface area contributed by atoms with Gasteiger partial charge in [-0.25, -0.2) is 0 Å². The highest BCUT2D eigenvalue weighted by atomic mass is 15.1. The van der Waals surface area contributed by atoms with Gasteiger partial charge >= 0.3 is 0 Å².